The number of nitrogens with zero attached hydrogens (tertiary/aromatic N) is 1. The fraction of sp³-hybridized carbons (Fsp3) is 0.409. The van der Waals surface area contributed by atoms with Crippen LogP contribution in [0.4, 0.5) is 0 Å². The van der Waals surface area contributed by atoms with E-state index in [2.05, 4.69) is 36.2 Å². The average Bonchev–Trinajstić information content (AvgIpc) is 2.60. The number of ether oxygens (including phenoxy) is 1. The van der Waals surface area contributed by atoms with Crippen molar-refractivity contribution in [3.63, 3.8) is 0 Å². The molecule has 2 aromatic rings. The second kappa shape index (κ2) is 9.39. The molecule has 0 saturated carbocycles. The van der Waals surface area contributed by atoms with Crippen LogP contribution in [0, 0.1) is 13.8 Å². The highest BCUT2D eigenvalue weighted by Gasteiger charge is 2.11. The summed E-state index contributed by atoms with van der Waals surface area (Å²) in [5.74, 6) is 1.03. The maximum atomic E-state index is 12.2. The molecule has 1 N–H and O–H groups in total. The quantitative estimate of drug-likeness (QED) is 0.779. The lowest BCUT2D eigenvalue weighted by Crippen LogP contribution is -2.30. The van der Waals surface area contributed by atoms with E-state index in [1.54, 1.807) is 7.11 Å². The van der Waals surface area contributed by atoms with Crippen molar-refractivity contribution >= 4 is 5.91 Å². The van der Waals surface area contributed by atoms with Crippen LogP contribution in [0.15, 0.2) is 42.5 Å². The van der Waals surface area contributed by atoms with Gasteiger partial charge in [0.15, 0.2) is 0 Å². The Labute approximate surface area is 157 Å². The maximum Gasteiger partial charge on any atom is 0.221 e. The van der Waals surface area contributed by atoms with E-state index in [9.17, 15) is 4.79 Å². The van der Waals surface area contributed by atoms with Gasteiger partial charge in [-0.1, -0.05) is 42.5 Å². The zero-order valence-corrected chi connectivity index (χ0v) is 16.5. The molecular weight excluding hydrogens is 324 g/mol. The van der Waals surface area contributed by atoms with E-state index < -0.39 is 0 Å². The number of hydrogen-bond donors (Lipinski definition) is 1. The van der Waals surface area contributed by atoms with Gasteiger partial charge in [0.2, 0.25) is 5.91 Å². The van der Waals surface area contributed by atoms with Gasteiger partial charge in [-0.15, -0.1) is 0 Å². The number of nitrogens with one attached hydrogen (secondary N) is 1. The Morgan fingerprint density at radius 1 is 1.15 bits per heavy atom. The molecule has 0 bridgehead atoms. The summed E-state index contributed by atoms with van der Waals surface area (Å²) in [6.45, 7) is 7.67. The number of carbonyl (C=O) groups is 1. The largest absolute Gasteiger partial charge is 0.496 e. The lowest BCUT2D eigenvalue weighted by atomic mass is 10.1. The standard InChI is InChI=1S/C22H30N2O2/c1-16-13-19(14-17(2)22(16)26-5)15-24(4)12-11-21(25)23-18(3)20-9-7-6-8-10-20/h6-10,13-14,18H,11-12,15H2,1-5H3,(H,23,25). The van der Waals surface area contributed by atoms with Gasteiger partial charge in [0.05, 0.1) is 13.2 Å². The first-order chi connectivity index (χ1) is 12.4. The van der Waals surface area contributed by atoms with Gasteiger partial charge in [-0.25, -0.2) is 0 Å². The van der Waals surface area contributed by atoms with Gasteiger partial charge in [0.25, 0.3) is 0 Å². The highest BCUT2D eigenvalue weighted by Crippen LogP contribution is 2.24. The number of methoxy groups -OCH3 is 1. The molecule has 26 heavy (non-hydrogen) atoms. The number of amides is 1. The highest BCUT2D eigenvalue weighted by atomic mass is 16.5. The summed E-state index contributed by atoms with van der Waals surface area (Å²) < 4.78 is 5.42. The first-order valence-electron chi connectivity index (χ1n) is 9.07. The van der Waals surface area contributed by atoms with E-state index in [0.29, 0.717) is 6.42 Å². The third-order valence-corrected chi connectivity index (χ3v) is 4.57. The van der Waals surface area contributed by atoms with E-state index >= 15 is 0 Å². The Kier molecular flexibility index (Phi) is 7.22. The highest BCUT2D eigenvalue weighted by molar-refractivity contribution is 5.76. The third kappa shape index (κ3) is 5.60. The van der Waals surface area contributed by atoms with Gasteiger partial charge >= 0.3 is 0 Å². The number of aryl methyl sites for hydroxylation is 2. The minimum atomic E-state index is 0.0286. The van der Waals surface area contributed by atoms with E-state index in [1.165, 1.54) is 5.56 Å². The lowest BCUT2D eigenvalue weighted by Gasteiger charge is -2.19. The Hall–Kier alpha value is -2.33. The average molecular weight is 354 g/mol. The van der Waals surface area contributed by atoms with Crippen LogP contribution in [0.2, 0.25) is 0 Å². The fourth-order valence-electron chi connectivity index (χ4n) is 3.28. The van der Waals surface area contributed by atoms with Crippen LogP contribution in [0.25, 0.3) is 0 Å². The zero-order valence-electron chi connectivity index (χ0n) is 16.5. The van der Waals surface area contributed by atoms with Gasteiger partial charge in [0, 0.05) is 19.5 Å². The predicted octanol–water partition coefficient (Wildman–Crippen LogP) is 4.01. The van der Waals surface area contributed by atoms with Gasteiger partial charge in [0.1, 0.15) is 5.75 Å². The molecule has 1 atom stereocenters. The summed E-state index contributed by atoms with van der Waals surface area (Å²) in [6.07, 6.45) is 0.488. The van der Waals surface area contributed by atoms with Gasteiger partial charge < -0.3 is 15.0 Å². The normalized spacial score (nSPS) is 12.1. The van der Waals surface area contributed by atoms with Crippen LogP contribution < -0.4 is 10.1 Å². The van der Waals surface area contributed by atoms with Crippen molar-refractivity contribution in [2.24, 2.45) is 0 Å². The molecule has 0 fully saturated rings. The molecule has 0 aliphatic heterocycles. The molecule has 0 aromatic heterocycles. The summed E-state index contributed by atoms with van der Waals surface area (Å²) in [5.41, 5.74) is 4.65. The molecule has 0 heterocycles. The summed E-state index contributed by atoms with van der Waals surface area (Å²) >= 11 is 0. The predicted molar refractivity (Wildman–Crippen MR) is 106 cm³/mol. The SMILES string of the molecule is COc1c(C)cc(CN(C)CCC(=O)NC(C)c2ccccc2)cc1C. The Balaban J connectivity index is 1.83. The Bertz CT molecular complexity index is 705. The molecule has 1 amide bonds. The van der Waals surface area contributed by atoms with E-state index in [-0.39, 0.29) is 11.9 Å². The van der Waals surface area contributed by atoms with E-state index in [0.717, 1.165) is 35.5 Å². The first-order valence-corrected chi connectivity index (χ1v) is 9.07. The number of rotatable bonds is 8. The minimum absolute atomic E-state index is 0.0286. The van der Waals surface area contributed by atoms with Gasteiger partial charge in [-0.2, -0.15) is 0 Å². The van der Waals surface area contributed by atoms with Crippen molar-refractivity contribution in [1.29, 1.82) is 0 Å². The van der Waals surface area contributed by atoms with Crippen molar-refractivity contribution < 1.29 is 9.53 Å². The van der Waals surface area contributed by atoms with E-state index in [1.807, 2.05) is 44.3 Å². The topological polar surface area (TPSA) is 41.6 Å². The van der Waals surface area contributed by atoms with Crippen LogP contribution in [-0.4, -0.2) is 31.5 Å². The molecule has 0 aliphatic carbocycles. The monoisotopic (exact) mass is 354 g/mol. The van der Waals surface area contributed by atoms with Crippen molar-refractivity contribution in [2.45, 2.75) is 39.8 Å². The van der Waals surface area contributed by atoms with Crippen LogP contribution >= 0.6 is 0 Å². The molecular formula is C22H30N2O2. The second-order valence-electron chi connectivity index (χ2n) is 6.95. The van der Waals surface area contributed by atoms with Crippen molar-refractivity contribution in [2.75, 3.05) is 20.7 Å². The molecule has 0 radical (unpaired) electrons. The zero-order chi connectivity index (χ0) is 19.1. The molecule has 140 valence electrons. The van der Waals surface area contributed by atoms with Crippen LogP contribution in [0.1, 0.15) is 41.6 Å². The van der Waals surface area contributed by atoms with Gasteiger partial charge in [-0.05, 0) is 50.1 Å². The number of carbonyl (C=O) groups excluding carboxylic acids is 1. The summed E-state index contributed by atoms with van der Waals surface area (Å²) in [5, 5.41) is 3.07. The molecule has 2 rings (SSSR count). The molecule has 4 heteroatoms. The molecule has 1 unspecified atom stereocenters. The molecule has 0 spiro atoms. The number of hydrogen-bond acceptors (Lipinski definition) is 3. The third-order valence-electron chi connectivity index (χ3n) is 4.57. The smallest absolute Gasteiger partial charge is 0.221 e. The minimum Gasteiger partial charge on any atom is -0.496 e. The Morgan fingerprint density at radius 3 is 2.35 bits per heavy atom. The second-order valence-corrected chi connectivity index (χ2v) is 6.95. The van der Waals surface area contributed by atoms with Crippen molar-refractivity contribution in [3.05, 3.63) is 64.7 Å². The van der Waals surface area contributed by atoms with Crippen molar-refractivity contribution in [1.82, 2.24) is 10.2 Å². The molecule has 0 saturated heterocycles. The summed E-state index contributed by atoms with van der Waals surface area (Å²) in [6, 6.07) is 14.4. The van der Waals surface area contributed by atoms with E-state index in [4.69, 9.17) is 4.74 Å². The van der Waals surface area contributed by atoms with Crippen LogP contribution in [0.5, 0.6) is 5.75 Å². The summed E-state index contributed by atoms with van der Waals surface area (Å²) in [4.78, 5) is 14.4. The number of benzene rings is 2. The van der Waals surface area contributed by atoms with Gasteiger partial charge in [-0.3, -0.25) is 4.79 Å². The van der Waals surface area contributed by atoms with Crippen molar-refractivity contribution in [3.8, 4) is 5.75 Å². The molecule has 0 aliphatic rings. The fourth-order valence-corrected chi connectivity index (χ4v) is 3.28. The summed E-state index contributed by atoms with van der Waals surface area (Å²) in [7, 11) is 3.75. The first kappa shape index (κ1) is 20.0. The molecule has 4 nitrogen and oxygen atoms in total. The Morgan fingerprint density at radius 2 is 1.77 bits per heavy atom. The molecule has 2 aromatic carbocycles. The van der Waals surface area contributed by atoms with Crippen LogP contribution in [-0.2, 0) is 11.3 Å². The maximum absolute atomic E-state index is 12.2. The lowest BCUT2D eigenvalue weighted by molar-refractivity contribution is -0.122. The van der Waals surface area contributed by atoms with Crippen LogP contribution in [0.3, 0.4) is 0 Å².